The van der Waals surface area contributed by atoms with Gasteiger partial charge in [-0.2, -0.15) is 0 Å². The minimum absolute atomic E-state index is 0. The highest BCUT2D eigenvalue weighted by molar-refractivity contribution is 6.53. The number of unbranched alkanes of at least 4 members (excludes halogenated alkanes) is 9. The van der Waals surface area contributed by atoms with E-state index in [1.807, 2.05) is 14.1 Å². The number of carbonyl (C=O) groups excluding carboxylic acids is 2. The SMILES string of the molecule is CCCCCCCCCCCC[N+](C)(C)CC(OC(=O)c1cc(Cl)c(Cl)c(Cl)c1Cl)OC(=O)c1cc(Cl)c(Cl)c(Cl)c1Cl.[Br-]. The van der Waals surface area contributed by atoms with Crippen LogP contribution in [0.15, 0.2) is 12.1 Å². The molecule has 0 aliphatic rings. The van der Waals surface area contributed by atoms with E-state index in [0.717, 1.165) is 25.8 Å². The normalized spacial score (nSPS) is 11.5. The molecule has 0 amide bonds. The van der Waals surface area contributed by atoms with Crippen LogP contribution in [0.4, 0.5) is 0 Å². The van der Waals surface area contributed by atoms with Crippen LogP contribution in [-0.2, 0) is 9.47 Å². The van der Waals surface area contributed by atoms with Gasteiger partial charge in [-0.3, -0.25) is 0 Å². The number of carbonyl (C=O) groups is 2. The summed E-state index contributed by atoms with van der Waals surface area (Å²) in [5.41, 5.74) is -0.282. The third-order valence-corrected chi connectivity index (χ3v) is 10.4. The second-order valence-electron chi connectivity index (χ2n) is 11.0. The van der Waals surface area contributed by atoms with Gasteiger partial charge in [0, 0.05) is 0 Å². The van der Waals surface area contributed by atoms with Crippen LogP contribution >= 0.6 is 92.8 Å². The second kappa shape index (κ2) is 20.5. The summed E-state index contributed by atoms with van der Waals surface area (Å²) in [5, 5.41) is -0.510. The van der Waals surface area contributed by atoms with Crippen LogP contribution in [0, 0.1) is 0 Å². The van der Waals surface area contributed by atoms with E-state index < -0.39 is 18.2 Å². The Morgan fingerprint density at radius 3 is 1.36 bits per heavy atom. The molecule has 0 bridgehead atoms. The molecule has 0 N–H and O–H groups in total. The number of esters is 2. The molecule has 14 heteroatoms. The van der Waals surface area contributed by atoms with Crippen molar-refractivity contribution in [2.45, 2.75) is 77.4 Å². The Bertz CT molecular complexity index is 1200. The van der Waals surface area contributed by atoms with Gasteiger partial charge in [0.25, 0.3) is 6.29 Å². The predicted molar refractivity (Wildman–Crippen MR) is 181 cm³/mol. The first-order chi connectivity index (χ1) is 20.2. The zero-order chi connectivity index (χ0) is 32.3. The number of hydrogen-bond acceptors (Lipinski definition) is 4. The molecule has 0 aromatic heterocycles. The Morgan fingerprint density at radius 1 is 0.614 bits per heavy atom. The number of rotatable bonds is 17. The molecule has 0 aliphatic carbocycles. The maximum absolute atomic E-state index is 13.2. The smallest absolute Gasteiger partial charge is 0.343 e. The van der Waals surface area contributed by atoms with Crippen LogP contribution in [0.1, 0.15) is 91.8 Å². The van der Waals surface area contributed by atoms with Gasteiger partial charge in [0.05, 0.1) is 71.9 Å². The first-order valence-corrected chi connectivity index (χ1v) is 17.1. The van der Waals surface area contributed by atoms with Crippen LogP contribution in [-0.4, -0.2) is 49.9 Å². The summed E-state index contributed by atoms with van der Waals surface area (Å²) < 4.78 is 11.7. The molecule has 0 saturated heterocycles. The lowest BCUT2D eigenvalue weighted by molar-refractivity contribution is -0.895. The molecular formula is C30H36BrCl8NO4. The van der Waals surface area contributed by atoms with E-state index in [1.165, 1.54) is 57.1 Å². The third kappa shape index (κ3) is 13.0. The molecule has 248 valence electrons. The largest absolute Gasteiger partial charge is 1.00 e. The lowest BCUT2D eigenvalue weighted by Gasteiger charge is -2.33. The van der Waals surface area contributed by atoms with Crippen molar-refractivity contribution in [3.05, 3.63) is 63.4 Å². The fraction of sp³-hybridized carbons (Fsp3) is 0.533. The van der Waals surface area contributed by atoms with Crippen molar-refractivity contribution in [1.29, 1.82) is 0 Å². The van der Waals surface area contributed by atoms with Crippen molar-refractivity contribution in [3.63, 3.8) is 0 Å². The molecular weight excluding hydrogens is 802 g/mol. The van der Waals surface area contributed by atoms with Crippen molar-refractivity contribution >= 4 is 105 Å². The van der Waals surface area contributed by atoms with E-state index in [9.17, 15) is 9.59 Å². The fourth-order valence-electron chi connectivity index (χ4n) is 4.43. The number of nitrogens with zero attached hydrogens (tertiary/aromatic N) is 1. The van der Waals surface area contributed by atoms with Crippen molar-refractivity contribution in [1.82, 2.24) is 0 Å². The Labute approximate surface area is 311 Å². The number of quaternary nitrogens is 1. The molecule has 0 atom stereocenters. The number of ether oxygens (including phenoxy) is 2. The highest BCUT2D eigenvalue weighted by Gasteiger charge is 2.32. The average Bonchev–Trinajstić information content (AvgIpc) is 2.95. The topological polar surface area (TPSA) is 52.6 Å². The minimum atomic E-state index is -1.35. The van der Waals surface area contributed by atoms with Gasteiger partial charge < -0.3 is 30.9 Å². The van der Waals surface area contributed by atoms with Crippen LogP contribution in [0.5, 0.6) is 0 Å². The van der Waals surface area contributed by atoms with E-state index >= 15 is 0 Å². The van der Waals surface area contributed by atoms with E-state index in [1.54, 1.807) is 0 Å². The molecule has 44 heavy (non-hydrogen) atoms. The monoisotopic (exact) mass is 833 g/mol. The zero-order valence-electron chi connectivity index (χ0n) is 24.7. The molecule has 2 aromatic rings. The zero-order valence-corrected chi connectivity index (χ0v) is 32.3. The summed E-state index contributed by atoms with van der Waals surface area (Å²) in [6.07, 6.45) is 10.7. The molecule has 0 saturated carbocycles. The van der Waals surface area contributed by atoms with Crippen molar-refractivity contribution in [3.8, 4) is 0 Å². The lowest BCUT2D eigenvalue weighted by atomic mass is 10.1. The predicted octanol–water partition coefficient (Wildman–Crippen LogP) is 9.25. The average molecular weight is 838 g/mol. The number of benzene rings is 2. The Hall–Kier alpha value is 0.140. The minimum Gasteiger partial charge on any atom is -1.00 e. The molecule has 2 aromatic carbocycles. The quantitative estimate of drug-likeness (QED) is 0.0399. The first kappa shape index (κ1) is 42.2. The van der Waals surface area contributed by atoms with Crippen LogP contribution < -0.4 is 17.0 Å². The molecule has 0 unspecified atom stereocenters. The van der Waals surface area contributed by atoms with E-state index in [0.29, 0.717) is 4.48 Å². The van der Waals surface area contributed by atoms with E-state index in [2.05, 4.69) is 6.92 Å². The van der Waals surface area contributed by atoms with Gasteiger partial charge >= 0.3 is 11.9 Å². The number of likely N-dealkylation sites (N-methyl/N-ethyl adjacent to an activating group) is 1. The molecule has 0 fully saturated rings. The maximum Gasteiger partial charge on any atom is 0.343 e. The Balaban J connectivity index is 0.00000968. The lowest BCUT2D eigenvalue weighted by Crippen LogP contribution is -3.00. The standard InChI is InChI=1S/C30H36Cl8NO4.BrH/c1-4-5-6-7-8-9-10-11-12-13-14-39(2,3)17-22(42-29(40)18-15-20(31)25(35)27(37)23(18)33)43-30(41)19-16-21(32)26(36)28(38)24(19)34;/h15-16,22H,4-14,17H2,1-3H3;1H/q+1;/p-1. The van der Waals surface area contributed by atoms with Gasteiger partial charge in [-0.1, -0.05) is 151 Å². The molecule has 0 spiro atoms. The van der Waals surface area contributed by atoms with Crippen LogP contribution in [0.25, 0.3) is 0 Å². The highest BCUT2D eigenvalue weighted by Crippen LogP contribution is 2.40. The maximum atomic E-state index is 13.2. The van der Waals surface area contributed by atoms with Gasteiger partial charge in [0.15, 0.2) is 6.54 Å². The molecule has 0 heterocycles. The molecule has 0 aliphatic heterocycles. The number of hydrogen-bond donors (Lipinski definition) is 0. The summed E-state index contributed by atoms with van der Waals surface area (Å²) >= 11 is 49.1. The summed E-state index contributed by atoms with van der Waals surface area (Å²) in [5.74, 6) is -1.83. The van der Waals surface area contributed by atoms with Gasteiger partial charge in [-0.05, 0) is 25.0 Å². The van der Waals surface area contributed by atoms with Gasteiger partial charge in [0.2, 0.25) is 0 Å². The van der Waals surface area contributed by atoms with E-state index in [-0.39, 0.29) is 74.8 Å². The third-order valence-electron chi connectivity index (χ3n) is 6.88. The summed E-state index contributed by atoms with van der Waals surface area (Å²) in [6.45, 7) is 3.09. The van der Waals surface area contributed by atoms with E-state index in [4.69, 9.17) is 102 Å². The van der Waals surface area contributed by atoms with Crippen LogP contribution in [0.2, 0.25) is 40.2 Å². The molecule has 2 rings (SSSR count). The molecule has 0 radical (unpaired) electrons. The summed E-state index contributed by atoms with van der Waals surface area (Å²) in [4.78, 5) is 26.4. The first-order valence-electron chi connectivity index (χ1n) is 14.1. The number of halogens is 9. The van der Waals surface area contributed by atoms with Crippen molar-refractivity contribution in [2.75, 3.05) is 27.2 Å². The summed E-state index contributed by atoms with van der Waals surface area (Å²) in [7, 11) is 3.91. The Morgan fingerprint density at radius 2 is 0.977 bits per heavy atom. The van der Waals surface area contributed by atoms with Gasteiger partial charge in [-0.25, -0.2) is 9.59 Å². The molecule has 5 nitrogen and oxygen atoms in total. The van der Waals surface area contributed by atoms with Crippen molar-refractivity contribution < 1.29 is 40.5 Å². The fourth-order valence-corrected chi connectivity index (χ4v) is 6.19. The Kier molecular flexibility index (Phi) is 19.6. The highest BCUT2D eigenvalue weighted by atomic mass is 79.9. The summed E-state index contributed by atoms with van der Waals surface area (Å²) in [6, 6.07) is 2.47. The van der Waals surface area contributed by atoms with Crippen molar-refractivity contribution in [2.24, 2.45) is 0 Å². The van der Waals surface area contributed by atoms with Crippen LogP contribution in [0.3, 0.4) is 0 Å². The van der Waals surface area contributed by atoms with Gasteiger partial charge in [0.1, 0.15) is 0 Å². The van der Waals surface area contributed by atoms with Gasteiger partial charge in [-0.15, -0.1) is 0 Å². The second-order valence-corrected chi connectivity index (χ2v) is 14.0.